The van der Waals surface area contributed by atoms with Crippen molar-refractivity contribution in [3.63, 3.8) is 0 Å². The Hall–Kier alpha value is -1.35. The Bertz CT molecular complexity index is 431. The molecule has 2 fully saturated rings. The second kappa shape index (κ2) is 4.73. The molecule has 0 bridgehead atoms. The zero-order chi connectivity index (χ0) is 12.5. The number of amides is 1. The van der Waals surface area contributed by atoms with Gasteiger partial charge in [-0.3, -0.25) is 4.79 Å². The van der Waals surface area contributed by atoms with Crippen LogP contribution < -0.4 is 5.73 Å². The fourth-order valence-electron chi connectivity index (χ4n) is 3.00. The summed E-state index contributed by atoms with van der Waals surface area (Å²) in [4.78, 5) is 14.4. The minimum absolute atomic E-state index is 0.226. The highest BCUT2D eigenvalue weighted by Crippen LogP contribution is 2.48. The summed E-state index contributed by atoms with van der Waals surface area (Å²) >= 11 is 0. The standard InChI is InChI=1S/C15H20N2O/c16-9-11-6-7-17(10-11)15(18)14-8-13(14)12-4-2-1-3-5-12/h1-5,11,13-14H,6-10,16H2. The lowest BCUT2D eigenvalue weighted by Crippen LogP contribution is -2.31. The Balaban J connectivity index is 1.60. The molecule has 1 aromatic rings. The molecule has 0 spiro atoms. The van der Waals surface area contributed by atoms with Crippen LogP contribution in [0.1, 0.15) is 24.3 Å². The maximum absolute atomic E-state index is 12.3. The van der Waals surface area contributed by atoms with Gasteiger partial charge in [0.15, 0.2) is 0 Å². The van der Waals surface area contributed by atoms with E-state index < -0.39 is 0 Å². The Morgan fingerprint density at radius 1 is 1.33 bits per heavy atom. The molecule has 2 N–H and O–H groups in total. The van der Waals surface area contributed by atoms with Gasteiger partial charge < -0.3 is 10.6 Å². The van der Waals surface area contributed by atoms with Crippen molar-refractivity contribution in [1.82, 2.24) is 4.90 Å². The van der Waals surface area contributed by atoms with Crippen molar-refractivity contribution in [2.24, 2.45) is 17.6 Å². The fourth-order valence-corrected chi connectivity index (χ4v) is 3.00. The van der Waals surface area contributed by atoms with Crippen molar-refractivity contribution in [2.45, 2.75) is 18.8 Å². The molecule has 2 aliphatic rings. The first-order valence-corrected chi connectivity index (χ1v) is 6.83. The molecule has 1 aliphatic heterocycles. The fraction of sp³-hybridized carbons (Fsp3) is 0.533. The summed E-state index contributed by atoms with van der Waals surface area (Å²) in [5.41, 5.74) is 6.98. The molecule has 1 heterocycles. The summed E-state index contributed by atoms with van der Waals surface area (Å²) in [6, 6.07) is 10.4. The van der Waals surface area contributed by atoms with Crippen molar-refractivity contribution >= 4 is 5.91 Å². The van der Waals surface area contributed by atoms with Gasteiger partial charge in [0.25, 0.3) is 0 Å². The molecular weight excluding hydrogens is 224 g/mol. The van der Waals surface area contributed by atoms with Crippen LogP contribution in [0.4, 0.5) is 0 Å². The molecule has 0 radical (unpaired) electrons. The molecule has 1 saturated carbocycles. The third-order valence-electron chi connectivity index (χ3n) is 4.27. The van der Waals surface area contributed by atoms with Gasteiger partial charge in [-0.25, -0.2) is 0 Å². The molecule has 1 aliphatic carbocycles. The maximum atomic E-state index is 12.3. The van der Waals surface area contributed by atoms with E-state index in [-0.39, 0.29) is 5.92 Å². The molecule has 3 nitrogen and oxygen atoms in total. The van der Waals surface area contributed by atoms with Gasteiger partial charge >= 0.3 is 0 Å². The first kappa shape index (κ1) is 11.7. The largest absolute Gasteiger partial charge is 0.342 e. The Morgan fingerprint density at radius 2 is 2.11 bits per heavy atom. The van der Waals surface area contributed by atoms with Crippen molar-refractivity contribution in [1.29, 1.82) is 0 Å². The second-order valence-electron chi connectivity index (χ2n) is 5.53. The van der Waals surface area contributed by atoms with E-state index >= 15 is 0 Å². The average Bonchev–Trinajstić information content (AvgIpc) is 3.08. The van der Waals surface area contributed by atoms with E-state index in [2.05, 4.69) is 24.3 Å². The molecule has 1 amide bonds. The lowest BCUT2D eigenvalue weighted by Gasteiger charge is -2.16. The predicted molar refractivity (Wildman–Crippen MR) is 71.0 cm³/mol. The zero-order valence-electron chi connectivity index (χ0n) is 10.6. The third kappa shape index (κ3) is 2.15. The first-order chi connectivity index (χ1) is 8.79. The van der Waals surface area contributed by atoms with Crippen LogP contribution in [0.15, 0.2) is 30.3 Å². The molecule has 18 heavy (non-hydrogen) atoms. The van der Waals surface area contributed by atoms with E-state index in [0.29, 0.717) is 24.3 Å². The number of carbonyl (C=O) groups excluding carboxylic acids is 1. The smallest absolute Gasteiger partial charge is 0.226 e. The highest BCUT2D eigenvalue weighted by molar-refractivity contribution is 5.83. The molecule has 3 unspecified atom stereocenters. The van der Waals surface area contributed by atoms with Crippen LogP contribution in [0.2, 0.25) is 0 Å². The van der Waals surface area contributed by atoms with Crippen LogP contribution in [0.5, 0.6) is 0 Å². The van der Waals surface area contributed by atoms with Crippen LogP contribution in [-0.4, -0.2) is 30.4 Å². The predicted octanol–water partition coefficient (Wildman–Crippen LogP) is 1.60. The van der Waals surface area contributed by atoms with Crippen LogP contribution in [0, 0.1) is 11.8 Å². The van der Waals surface area contributed by atoms with E-state index in [1.54, 1.807) is 0 Å². The number of benzene rings is 1. The van der Waals surface area contributed by atoms with Gasteiger partial charge in [0.05, 0.1) is 0 Å². The van der Waals surface area contributed by atoms with E-state index in [1.165, 1.54) is 5.56 Å². The van der Waals surface area contributed by atoms with Gasteiger partial charge in [0.1, 0.15) is 0 Å². The van der Waals surface area contributed by atoms with Gasteiger partial charge in [-0.1, -0.05) is 30.3 Å². The van der Waals surface area contributed by atoms with E-state index in [0.717, 1.165) is 25.9 Å². The van der Waals surface area contributed by atoms with E-state index in [4.69, 9.17) is 5.73 Å². The van der Waals surface area contributed by atoms with Crippen molar-refractivity contribution in [3.8, 4) is 0 Å². The summed E-state index contributed by atoms with van der Waals surface area (Å²) in [6.45, 7) is 2.47. The quantitative estimate of drug-likeness (QED) is 0.878. The van der Waals surface area contributed by atoms with Crippen LogP contribution >= 0.6 is 0 Å². The third-order valence-corrected chi connectivity index (χ3v) is 4.27. The number of nitrogens with two attached hydrogens (primary N) is 1. The zero-order valence-corrected chi connectivity index (χ0v) is 10.6. The minimum Gasteiger partial charge on any atom is -0.342 e. The summed E-state index contributed by atoms with van der Waals surface area (Å²) in [6.07, 6.45) is 2.09. The van der Waals surface area contributed by atoms with Gasteiger partial charge in [-0.2, -0.15) is 0 Å². The number of hydrogen-bond acceptors (Lipinski definition) is 2. The lowest BCUT2D eigenvalue weighted by molar-refractivity contribution is -0.131. The molecular formula is C15H20N2O. The highest BCUT2D eigenvalue weighted by atomic mass is 16.2. The number of nitrogens with zero attached hydrogens (tertiary/aromatic N) is 1. The topological polar surface area (TPSA) is 46.3 Å². The lowest BCUT2D eigenvalue weighted by atomic mass is 10.1. The summed E-state index contributed by atoms with van der Waals surface area (Å²) in [5, 5.41) is 0. The Kier molecular flexibility index (Phi) is 3.08. The van der Waals surface area contributed by atoms with Crippen molar-refractivity contribution < 1.29 is 4.79 Å². The van der Waals surface area contributed by atoms with Crippen LogP contribution in [-0.2, 0) is 4.79 Å². The average molecular weight is 244 g/mol. The Morgan fingerprint density at radius 3 is 2.78 bits per heavy atom. The number of rotatable bonds is 3. The summed E-state index contributed by atoms with van der Waals surface area (Å²) in [7, 11) is 0. The van der Waals surface area contributed by atoms with E-state index in [1.807, 2.05) is 11.0 Å². The van der Waals surface area contributed by atoms with E-state index in [9.17, 15) is 4.79 Å². The molecule has 3 rings (SSSR count). The first-order valence-electron chi connectivity index (χ1n) is 6.83. The van der Waals surface area contributed by atoms with Gasteiger partial charge in [-0.15, -0.1) is 0 Å². The SMILES string of the molecule is NCC1CCN(C(=O)C2CC2c2ccccc2)C1. The van der Waals surface area contributed by atoms with Crippen LogP contribution in [0.3, 0.4) is 0 Å². The molecule has 1 aromatic carbocycles. The number of carbonyl (C=O) groups is 1. The summed E-state index contributed by atoms with van der Waals surface area (Å²) < 4.78 is 0. The minimum atomic E-state index is 0.226. The monoisotopic (exact) mass is 244 g/mol. The normalized spacial score (nSPS) is 30.5. The molecule has 96 valence electrons. The van der Waals surface area contributed by atoms with Gasteiger partial charge in [0.2, 0.25) is 5.91 Å². The number of hydrogen-bond donors (Lipinski definition) is 1. The van der Waals surface area contributed by atoms with Crippen molar-refractivity contribution in [2.75, 3.05) is 19.6 Å². The second-order valence-corrected chi connectivity index (χ2v) is 5.53. The van der Waals surface area contributed by atoms with Gasteiger partial charge in [-0.05, 0) is 36.8 Å². The van der Waals surface area contributed by atoms with Crippen LogP contribution in [0.25, 0.3) is 0 Å². The maximum Gasteiger partial charge on any atom is 0.226 e. The highest BCUT2D eigenvalue weighted by Gasteiger charge is 2.46. The Labute approximate surface area is 108 Å². The molecule has 3 atom stereocenters. The van der Waals surface area contributed by atoms with Gasteiger partial charge in [0, 0.05) is 19.0 Å². The number of likely N-dealkylation sites (tertiary alicyclic amines) is 1. The van der Waals surface area contributed by atoms with Crippen molar-refractivity contribution in [3.05, 3.63) is 35.9 Å². The molecule has 1 saturated heterocycles. The summed E-state index contributed by atoms with van der Waals surface area (Å²) in [5.74, 6) is 1.54. The molecule has 3 heteroatoms. The molecule has 0 aromatic heterocycles.